The molecule has 4 nitrogen and oxygen atoms in total. The number of fused-ring (bicyclic) bond motifs is 1. The molecule has 1 aromatic heterocycles. The van der Waals surface area contributed by atoms with Crippen molar-refractivity contribution in [2.24, 2.45) is 0 Å². The lowest BCUT2D eigenvalue weighted by Crippen LogP contribution is -2.42. The lowest BCUT2D eigenvalue weighted by atomic mass is 10.0. The van der Waals surface area contributed by atoms with E-state index in [1.165, 1.54) is 16.3 Å². The van der Waals surface area contributed by atoms with Crippen LogP contribution in [0.25, 0.3) is 10.8 Å². The van der Waals surface area contributed by atoms with E-state index >= 15 is 0 Å². The number of nitrogens with zero attached hydrogens (tertiary/aromatic N) is 2. The van der Waals surface area contributed by atoms with E-state index in [4.69, 9.17) is 0 Å². The minimum Gasteiger partial charge on any atom is -0.341 e. The Kier molecular flexibility index (Phi) is 6.47. The number of hydrogen-bond acceptors (Lipinski definition) is 4. The molecule has 5 heteroatoms. The van der Waals surface area contributed by atoms with Gasteiger partial charge in [0.2, 0.25) is 5.91 Å². The van der Waals surface area contributed by atoms with Gasteiger partial charge in [-0.2, -0.15) is 12.6 Å². The van der Waals surface area contributed by atoms with Crippen LogP contribution in [0.5, 0.6) is 0 Å². The van der Waals surface area contributed by atoms with Crippen LogP contribution in [-0.4, -0.2) is 46.7 Å². The molecular formula is C24H27N3OS. The van der Waals surface area contributed by atoms with Crippen molar-refractivity contribution in [1.29, 1.82) is 0 Å². The zero-order chi connectivity index (χ0) is 20.1. The van der Waals surface area contributed by atoms with Crippen molar-refractivity contribution >= 4 is 29.3 Å². The van der Waals surface area contributed by atoms with Crippen LogP contribution in [0.1, 0.15) is 17.5 Å². The minimum atomic E-state index is 0.155. The predicted molar refractivity (Wildman–Crippen MR) is 121 cm³/mol. The minimum absolute atomic E-state index is 0.155. The van der Waals surface area contributed by atoms with Crippen LogP contribution >= 0.6 is 12.6 Å². The van der Waals surface area contributed by atoms with Crippen LogP contribution in [0.2, 0.25) is 0 Å². The van der Waals surface area contributed by atoms with Gasteiger partial charge in [0.25, 0.3) is 0 Å². The number of aromatic nitrogens is 1. The second-order valence-corrected chi connectivity index (χ2v) is 8.49. The third-order valence-electron chi connectivity index (χ3n) is 5.60. The van der Waals surface area contributed by atoms with Crippen molar-refractivity contribution in [1.82, 2.24) is 15.2 Å². The molecule has 0 radical (unpaired) electrons. The first kappa shape index (κ1) is 19.9. The fraction of sp³-hybridized carbons (Fsp3) is 0.333. The number of amides is 1. The molecule has 1 saturated heterocycles. The summed E-state index contributed by atoms with van der Waals surface area (Å²) in [7, 11) is 0. The van der Waals surface area contributed by atoms with Gasteiger partial charge in [-0.05, 0) is 40.8 Å². The SMILES string of the molecule is O=C(Cc1cccnc1)N(CCc1cccc2ccccc12)CC1CC(S)CN1. The van der Waals surface area contributed by atoms with Gasteiger partial charge in [0, 0.05) is 43.3 Å². The average Bonchev–Trinajstić information content (AvgIpc) is 3.16. The molecule has 0 aliphatic carbocycles. The maximum absolute atomic E-state index is 13.1. The fourth-order valence-electron chi connectivity index (χ4n) is 4.08. The van der Waals surface area contributed by atoms with Gasteiger partial charge in [0.1, 0.15) is 0 Å². The van der Waals surface area contributed by atoms with E-state index in [9.17, 15) is 4.79 Å². The predicted octanol–water partition coefficient (Wildman–Crippen LogP) is 3.51. The van der Waals surface area contributed by atoms with E-state index in [1.807, 2.05) is 17.0 Å². The molecule has 2 unspecified atom stereocenters. The Labute approximate surface area is 177 Å². The highest BCUT2D eigenvalue weighted by Crippen LogP contribution is 2.20. The van der Waals surface area contributed by atoms with Crippen LogP contribution < -0.4 is 5.32 Å². The number of rotatable bonds is 7. The molecule has 0 spiro atoms. The second kappa shape index (κ2) is 9.42. The number of thiol groups is 1. The highest BCUT2D eigenvalue weighted by atomic mass is 32.1. The number of carbonyl (C=O) groups excluding carboxylic acids is 1. The van der Waals surface area contributed by atoms with Gasteiger partial charge in [-0.1, -0.05) is 48.5 Å². The van der Waals surface area contributed by atoms with Crippen LogP contribution in [0, 0.1) is 0 Å². The first-order chi connectivity index (χ1) is 14.2. The van der Waals surface area contributed by atoms with Crippen molar-refractivity contribution in [3.63, 3.8) is 0 Å². The van der Waals surface area contributed by atoms with Crippen LogP contribution in [0.4, 0.5) is 0 Å². The van der Waals surface area contributed by atoms with Gasteiger partial charge in [-0.25, -0.2) is 0 Å². The summed E-state index contributed by atoms with van der Waals surface area (Å²) in [6.07, 6.45) is 5.74. The summed E-state index contributed by atoms with van der Waals surface area (Å²) in [6.45, 7) is 2.34. The maximum atomic E-state index is 13.1. The van der Waals surface area contributed by atoms with Crippen molar-refractivity contribution in [2.75, 3.05) is 19.6 Å². The number of carbonyl (C=O) groups is 1. The average molecular weight is 406 g/mol. The summed E-state index contributed by atoms with van der Waals surface area (Å²) in [4.78, 5) is 19.3. The first-order valence-electron chi connectivity index (χ1n) is 10.2. The summed E-state index contributed by atoms with van der Waals surface area (Å²) in [5.41, 5.74) is 2.24. The zero-order valence-electron chi connectivity index (χ0n) is 16.5. The van der Waals surface area contributed by atoms with Crippen molar-refractivity contribution in [3.05, 3.63) is 78.1 Å². The molecule has 2 heterocycles. The van der Waals surface area contributed by atoms with Gasteiger partial charge in [-0.15, -0.1) is 0 Å². The van der Waals surface area contributed by atoms with Gasteiger partial charge >= 0.3 is 0 Å². The number of benzene rings is 2. The summed E-state index contributed by atoms with van der Waals surface area (Å²) < 4.78 is 0. The molecule has 1 amide bonds. The van der Waals surface area contributed by atoms with E-state index in [2.05, 4.69) is 65.4 Å². The molecule has 1 aliphatic rings. The van der Waals surface area contributed by atoms with E-state index in [1.54, 1.807) is 12.4 Å². The summed E-state index contributed by atoms with van der Waals surface area (Å²) in [5, 5.41) is 6.38. The smallest absolute Gasteiger partial charge is 0.227 e. The molecule has 29 heavy (non-hydrogen) atoms. The number of pyridine rings is 1. The van der Waals surface area contributed by atoms with E-state index in [0.29, 0.717) is 24.3 Å². The van der Waals surface area contributed by atoms with Crippen LogP contribution in [0.15, 0.2) is 67.0 Å². The highest BCUT2D eigenvalue weighted by molar-refractivity contribution is 7.81. The molecule has 150 valence electrons. The molecule has 4 rings (SSSR count). The molecule has 2 aromatic carbocycles. The van der Waals surface area contributed by atoms with Gasteiger partial charge in [-0.3, -0.25) is 9.78 Å². The van der Waals surface area contributed by atoms with Gasteiger partial charge in [0.05, 0.1) is 6.42 Å². The zero-order valence-corrected chi connectivity index (χ0v) is 17.4. The Morgan fingerprint density at radius 2 is 2.00 bits per heavy atom. The van der Waals surface area contributed by atoms with E-state index in [-0.39, 0.29) is 5.91 Å². The Morgan fingerprint density at radius 1 is 1.14 bits per heavy atom. The molecule has 0 saturated carbocycles. The van der Waals surface area contributed by atoms with Crippen molar-refractivity contribution in [3.8, 4) is 0 Å². The molecule has 1 aliphatic heterocycles. The summed E-state index contributed by atoms with van der Waals surface area (Å²) in [6, 6.07) is 19.0. The first-order valence-corrected chi connectivity index (χ1v) is 10.8. The second-order valence-electron chi connectivity index (χ2n) is 7.76. The highest BCUT2D eigenvalue weighted by Gasteiger charge is 2.25. The van der Waals surface area contributed by atoms with Crippen molar-refractivity contribution in [2.45, 2.75) is 30.6 Å². The lowest BCUT2D eigenvalue weighted by molar-refractivity contribution is -0.130. The molecule has 2 atom stereocenters. The largest absolute Gasteiger partial charge is 0.341 e. The number of hydrogen-bond donors (Lipinski definition) is 2. The summed E-state index contributed by atoms with van der Waals surface area (Å²) >= 11 is 4.58. The molecule has 0 bridgehead atoms. The van der Waals surface area contributed by atoms with Crippen LogP contribution in [-0.2, 0) is 17.6 Å². The standard InChI is InChI=1S/C24H27N3OS/c28-24(13-18-5-4-11-25-15-18)27(17-21-14-22(29)16-26-21)12-10-20-8-3-7-19-6-1-2-9-23(19)20/h1-9,11,15,21-22,26,29H,10,12-14,16-17H2. The topological polar surface area (TPSA) is 45.2 Å². The van der Waals surface area contributed by atoms with Gasteiger partial charge in [0.15, 0.2) is 0 Å². The van der Waals surface area contributed by atoms with Crippen LogP contribution in [0.3, 0.4) is 0 Å². The third kappa shape index (κ3) is 5.17. The molecular weight excluding hydrogens is 378 g/mol. The Morgan fingerprint density at radius 3 is 2.79 bits per heavy atom. The quantitative estimate of drug-likeness (QED) is 0.592. The molecule has 1 N–H and O–H groups in total. The Bertz CT molecular complexity index is 957. The molecule has 3 aromatic rings. The molecule has 1 fully saturated rings. The van der Waals surface area contributed by atoms with E-state index < -0.39 is 0 Å². The van der Waals surface area contributed by atoms with E-state index in [0.717, 1.165) is 31.5 Å². The maximum Gasteiger partial charge on any atom is 0.227 e. The number of nitrogens with one attached hydrogen (secondary N) is 1. The summed E-state index contributed by atoms with van der Waals surface area (Å²) in [5.74, 6) is 0.155. The monoisotopic (exact) mass is 405 g/mol. The van der Waals surface area contributed by atoms with Gasteiger partial charge < -0.3 is 10.2 Å². The Balaban J connectivity index is 1.49. The lowest BCUT2D eigenvalue weighted by Gasteiger charge is -2.26. The Hall–Kier alpha value is -2.37. The van der Waals surface area contributed by atoms with Crippen molar-refractivity contribution < 1.29 is 4.79 Å². The third-order valence-corrected chi connectivity index (χ3v) is 5.99. The fourth-order valence-corrected chi connectivity index (χ4v) is 4.44. The normalized spacial score (nSPS) is 18.8.